The highest BCUT2D eigenvalue weighted by atomic mass is 16.3. The number of carbonyl (C=O) groups is 1. The van der Waals surface area contributed by atoms with Gasteiger partial charge in [0.15, 0.2) is 0 Å². The molecule has 2 rings (SSSR count). The van der Waals surface area contributed by atoms with Crippen molar-refractivity contribution in [3.8, 4) is 0 Å². The van der Waals surface area contributed by atoms with Gasteiger partial charge < -0.3 is 21.1 Å². The number of amides is 2. The number of nitrogens with zero attached hydrogens (tertiary/aromatic N) is 1. The number of likely N-dealkylation sites (tertiary alicyclic amines) is 1. The summed E-state index contributed by atoms with van der Waals surface area (Å²) in [5, 5.41) is 13.3. The predicted molar refractivity (Wildman–Crippen MR) is 74.7 cm³/mol. The molecule has 1 saturated heterocycles. The van der Waals surface area contributed by atoms with Crippen molar-refractivity contribution in [3.05, 3.63) is 0 Å². The Kier molecular flexibility index (Phi) is 5.05. The van der Waals surface area contributed by atoms with Crippen molar-refractivity contribution in [2.45, 2.75) is 51.2 Å². The summed E-state index contributed by atoms with van der Waals surface area (Å²) in [4.78, 5) is 13.0. The molecule has 0 radical (unpaired) electrons. The number of hydrogen-bond donors (Lipinski definition) is 3. The van der Waals surface area contributed by atoms with Gasteiger partial charge in [0.1, 0.15) is 0 Å². The van der Waals surface area contributed by atoms with Crippen molar-refractivity contribution in [2.24, 2.45) is 17.6 Å². The number of piperidine rings is 1. The fourth-order valence-electron chi connectivity index (χ4n) is 3.36. The Labute approximate surface area is 115 Å². The maximum Gasteiger partial charge on any atom is 0.314 e. The maximum atomic E-state index is 11.4. The molecule has 0 bridgehead atoms. The fourth-order valence-corrected chi connectivity index (χ4v) is 3.36. The minimum atomic E-state index is -0.391. The second kappa shape index (κ2) is 6.57. The van der Waals surface area contributed by atoms with E-state index >= 15 is 0 Å². The third kappa shape index (κ3) is 4.08. The first kappa shape index (κ1) is 14.6. The summed E-state index contributed by atoms with van der Waals surface area (Å²) in [5.74, 6) is 0.913. The molecule has 0 aromatic rings. The zero-order valence-corrected chi connectivity index (χ0v) is 11.8. The van der Waals surface area contributed by atoms with E-state index in [1.165, 1.54) is 25.7 Å². The van der Waals surface area contributed by atoms with Crippen molar-refractivity contribution in [1.29, 1.82) is 0 Å². The standard InChI is InChI=1S/C14H27N3O2/c1-10(18)12-6-13(9-17(8-12)14(15)19)16-7-11-4-2-3-5-11/h10-13,16,18H,2-9H2,1H3,(H2,15,19). The molecule has 110 valence electrons. The van der Waals surface area contributed by atoms with Crippen LogP contribution < -0.4 is 11.1 Å². The van der Waals surface area contributed by atoms with E-state index in [9.17, 15) is 9.90 Å². The zero-order valence-electron chi connectivity index (χ0n) is 11.8. The Morgan fingerprint density at radius 2 is 2.11 bits per heavy atom. The Morgan fingerprint density at radius 3 is 2.68 bits per heavy atom. The molecule has 4 N–H and O–H groups in total. The van der Waals surface area contributed by atoms with Gasteiger partial charge in [-0.15, -0.1) is 0 Å². The summed E-state index contributed by atoms with van der Waals surface area (Å²) in [6.45, 7) is 4.08. The maximum absolute atomic E-state index is 11.4. The van der Waals surface area contributed by atoms with E-state index in [0.29, 0.717) is 13.1 Å². The minimum Gasteiger partial charge on any atom is -0.393 e. The van der Waals surface area contributed by atoms with E-state index in [0.717, 1.165) is 18.9 Å². The molecule has 0 spiro atoms. The first-order chi connectivity index (χ1) is 9.06. The van der Waals surface area contributed by atoms with E-state index in [1.807, 2.05) is 0 Å². The Balaban J connectivity index is 1.85. The molecule has 1 saturated carbocycles. The molecule has 0 aromatic heterocycles. The van der Waals surface area contributed by atoms with Crippen LogP contribution in [0.2, 0.25) is 0 Å². The van der Waals surface area contributed by atoms with Gasteiger partial charge in [0.25, 0.3) is 0 Å². The number of rotatable bonds is 4. The first-order valence-electron chi connectivity index (χ1n) is 7.52. The first-order valence-corrected chi connectivity index (χ1v) is 7.52. The van der Waals surface area contributed by atoms with Crippen molar-refractivity contribution in [3.63, 3.8) is 0 Å². The average Bonchev–Trinajstić information content (AvgIpc) is 2.89. The van der Waals surface area contributed by atoms with Crippen LogP contribution in [0.15, 0.2) is 0 Å². The lowest BCUT2D eigenvalue weighted by Gasteiger charge is -2.38. The molecule has 3 atom stereocenters. The Bertz CT molecular complexity index is 303. The van der Waals surface area contributed by atoms with Gasteiger partial charge in [0, 0.05) is 25.0 Å². The smallest absolute Gasteiger partial charge is 0.314 e. The summed E-state index contributed by atoms with van der Waals surface area (Å²) >= 11 is 0. The van der Waals surface area contributed by atoms with E-state index in [4.69, 9.17) is 5.73 Å². The van der Waals surface area contributed by atoms with Crippen molar-refractivity contribution < 1.29 is 9.90 Å². The van der Waals surface area contributed by atoms with Crippen molar-refractivity contribution >= 4 is 6.03 Å². The molecule has 3 unspecified atom stereocenters. The van der Waals surface area contributed by atoms with Crippen LogP contribution in [0.25, 0.3) is 0 Å². The van der Waals surface area contributed by atoms with Crippen molar-refractivity contribution in [2.75, 3.05) is 19.6 Å². The molecule has 2 fully saturated rings. The summed E-state index contributed by atoms with van der Waals surface area (Å²) in [6.07, 6.45) is 5.87. The van der Waals surface area contributed by atoms with Crippen molar-refractivity contribution in [1.82, 2.24) is 10.2 Å². The molecular formula is C14H27N3O2. The molecule has 5 nitrogen and oxygen atoms in total. The molecule has 0 aromatic carbocycles. The summed E-state index contributed by atoms with van der Waals surface area (Å²) < 4.78 is 0. The summed E-state index contributed by atoms with van der Waals surface area (Å²) in [7, 11) is 0. The highest BCUT2D eigenvalue weighted by Gasteiger charge is 2.31. The van der Waals surface area contributed by atoms with Crippen LogP contribution in [0.3, 0.4) is 0 Å². The number of aliphatic hydroxyl groups excluding tert-OH is 1. The normalized spacial score (nSPS) is 30.5. The summed E-state index contributed by atoms with van der Waals surface area (Å²) in [6, 6.07) is -0.112. The van der Waals surface area contributed by atoms with Gasteiger partial charge in [-0.3, -0.25) is 0 Å². The third-order valence-corrected chi connectivity index (χ3v) is 4.65. The van der Waals surface area contributed by atoms with Gasteiger partial charge in [-0.25, -0.2) is 4.79 Å². The second-order valence-corrected chi connectivity index (χ2v) is 6.24. The number of nitrogens with two attached hydrogens (primary N) is 1. The number of urea groups is 1. The SMILES string of the molecule is CC(O)C1CC(NCC2CCCC2)CN(C(N)=O)C1. The molecule has 1 aliphatic carbocycles. The van der Waals surface area contributed by atoms with Crippen LogP contribution in [0.4, 0.5) is 4.79 Å². The number of nitrogens with one attached hydrogen (secondary N) is 1. The van der Waals surface area contributed by atoms with E-state index in [1.54, 1.807) is 11.8 Å². The number of carbonyl (C=O) groups excluding carboxylic acids is 1. The monoisotopic (exact) mass is 269 g/mol. The quantitative estimate of drug-likeness (QED) is 0.710. The van der Waals surface area contributed by atoms with Gasteiger partial charge in [-0.1, -0.05) is 12.8 Å². The van der Waals surface area contributed by atoms with Crippen LogP contribution in [0.5, 0.6) is 0 Å². The van der Waals surface area contributed by atoms with Crippen LogP contribution in [-0.2, 0) is 0 Å². The van der Waals surface area contributed by atoms with Gasteiger partial charge >= 0.3 is 6.03 Å². The second-order valence-electron chi connectivity index (χ2n) is 6.24. The Morgan fingerprint density at radius 1 is 1.42 bits per heavy atom. The molecule has 1 heterocycles. The van der Waals surface area contributed by atoms with Crippen LogP contribution in [-0.4, -0.2) is 47.8 Å². The zero-order chi connectivity index (χ0) is 13.8. The van der Waals surface area contributed by atoms with Gasteiger partial charge in [-0.2, -0.15) is 0 Å². The fraction of sp³-hybridized carbons (Fsp3) is 0.929. The predicted octanol–water partition coefficient (Wildman–Crippen LogP) is 0.916. The highest BCUT2D eigenvalue weighted by Crippen LogP contribution is 2.25. The average molecular weight is 269 g/mol. The topological polar surface area (TPSA) is 78.6 Å². The largest absolute Gasteiger partial charge is 0.393 e. The van der Waals surface area contributed by atoms with Crippen LogP contribution >= 0.6 is 0 Å². The summed E-state index contributed by atoms with van der Waals surface area (Å²) in [5.41, 5.74) is 5.39. The van der Waals surface area contributed by atoms with Gasteiger partial charge in [-0.05, 0) is 38.6 Å². The molecular weight excluding hydrogens is 242 g/mol. The molecule has 2 aliphatic rings. The van der Waals surface area contributed by atoms with Crippen LogP contribution in [0, 0.1) is 11.8 Å². The third-order valence-electron chi connectivity index (χ3n) is 4.65. The Hall–Kier alpha value is -0.810. The molecule has 19 heavy (non-hydrogen) atoms. The molecule has 2 amide bonds. The number of aliphatic hydroxyl groups is 1. The number of primary amides is 1. The van der Waals surface area contributed by atoms with E-state index in [-0.39, 0.29) is 18.0 Å². The van der Waals surface area contributed by atoms with Gasteiger partial charge in [0.05, 0.1) is 6.10 Å². The van der Waals surface area contributed by atoms with Gasteiger partial charge in [0.2, 0.25) is 0 Å². The number of hydrogen-bond acceptors (Lipinski definition) is 3. The lowest BCUT2D eigenvalue weighted by Crippen LogP contribution is -2.55. The van der Waals surface area contributed by atoms with E-state index in [2.05, 4.69) is 5.32 Å². The van der Waals surface area contributed by atoms with Crippen LogP contribution in [0.1, 0.15) is 39.0 Å². The lowest BCUT2D eigenvalue weighted by atomic mass is 9.90. The van der Waals surface area contributed by atoms with E-state index < -0.39 is 6.10 Å². The molecule has 1 aliphatic heterocycles. The highest BCUT2D eigenvalue weighted by molar-refractivity contribution is 5.72. The lowest BCUT2D eigenvalue weighted by molar-refractivity contribution is 0.0617. The minimum absolute atomic E-state index is 0.127. The molecule has 5 heteroatoms.